The number of carbonyl (C=O) groups excluding carboxylic acids is 1. The van der Waals surface area contributed by atoms with Gasteiger partial charge in [0, 0.05) is 43.2 Å². The van der Waals surface area contributed by atoms with Crippen LogP contribution in [-0.2, 0) is 4.74 Å². The van der Waals surface area contributed by atoms with Gasteiger partial charge in [0.25, 0.3) is 5.91 Å². The van der Waals surface area contributed by atoms with Gasteiger partial charge in [-0.15, -0.1) is 0 Å². The van der Waals surface area contributed by atoms with Crippen LogP contribution in [0.4, 0.5) is 5.95 Å². The molecule has 132 valence electrons. The lowest BCUT2D eigenvalue weighted by Gasteiger charge is -2.29. The SMILES string of the molecule is CCN(C[C@@H]1CCCCO1)C(=O)c1cccc(-c2cnc(N)nc2)c1. The largest absolute Gasteiger partial charge is 0.376 e. The van der Waals surface area contributed by atoms with Crippen molar-refractivity contribution in [1.82, 2.24) is 14.9 Å². The number of likely N-dealkylation sites (N-methyl/N-ethyl adjacent to an activating group) is 1. The van der Waals surface area contributed by atoms with Crippen molar-refractivity contribution in [2.24, 2.45) is 0 Å². The fourth-order valence-electron chi connectivity index (χ4n) is 3.05. The number of benzene rings is 1. The Labute approximate surface area is 148 Å². The molecule has 0 spiro atoms. The van der Waals surface area contributed by atoms with Crippen LogP contribution in [0.3, 0.4) is 0 Å². The van der Waals surface area contributed by atoms with Crippen molar-refractivity contribution in [2.75, 3.05) is 25.4 Å². The molecule has 1 aliphatic rings. The highest BCUT2D eigenvalue weighted by Crippen LogP contribution is 2.21. The fraction of sp³-hybridized carbons (Fsp3) is 0.421. The monoisotopic (exact) mass is 340 g/mol. The van der Waals surface area contributed by atoms with Gasteiger partial charge in [-0.05, 0) is 43.9 Å². The van der Waals surface area contributed by atoms with Gasteiger partial charge in [0.15, 0.2) is 0 Å². The van der Waals surface area contributed by atoms with E-state index in [9.17, 15) is 4.79 Å². The molecule has 1 aliphatic heterocycles. The molecule has 0 aliphatic carbocycles. The lowest BCUT2D eigenvalue weighted by atomic mass is 10.0. The zero-order chi connectivity index (χ0) is 17.6. The molecule has 1 amide bonds. The molecule has 6 heteroatoms. The van der Waals surface area contributed by atoms with Crippen LogP contribution in [0.1, 0.15) is 36.5 Å². The summed E-state index contributed by atoms with van der Waals surface area (Å²) in [7, 11) is 0. The van der Waals surface area contributed by atoms with Crippen LogP contribution >= 0.6 is 0 Å². The smallest absolute Gasteiger partial charge is 0.253 e. The Hall–Kier alpha value is -2.47. The maximum absolute atomic E-state index is 12.9. The van der Waals surface area contributed by atoms with Gasteiger partial charge in [-0.3, -0.25) is 4.79 Å². The number of amides is 1. The number of nitrogens with two attached hydrogens (primary N) is 1. The van der Waals surface area contributed by atoms with E-state index < -0.39 is 0 Å². The second kappa shape index (κ2) is 8.07. The third-order valence-corrected chi connectivity index (χ3v) is 4.48. The number of rotatable bonds is 5. The van der Waals surface area contributed by atoms with Gasteiger partial charge in [-0.25, -0.2) is 9.97 Å². The van der Waals surface area contributed by atoms with Gasteiger partial charge in [0.2, 0.25) is 5.95 Å². The Morgan fingerprint density at radius 3 is 2.76 bits per heavy atom. The minimum absolute atomic E-state index is 0.0230. The first-order valence-corrected chi connectivity index (χ1v) is 8.76. The van der Waals surface area contributed by atoms with Crippen LogP contribution in [-0.4, -0.2) is 46.6 Å². The molecule has 3 rings (SSSR count). The summed E-state index contributed by atoms with van der Waals surface area (Å²) in [5.74, 6) is 0.260. The molecule has 0 radical (unpaired) electrons. The highest BCUT2D eigenvalue weighted by molar-refractivity contribution is 5.95. The van der Waals surface area contributed by atoms with Gasteiger partial charge < -0.3 is 15.4 Å². The molecule has 6 nitrogen and oxygen atoms in total. The van der Waals surface area contributed by atoms with E-state index in [2.05, 4.69) is 9.97 Å². The average Bonchev–Trinajstić information content (AvgIpc) is 2.67. The summed E-state index contributed by atoms with van der Waals surface area (Å²) in [5, 5.41) is 0. The van der Waals surface area contributed by atoms with Gasteiger partial charge in [0.1, 0.15) is 0 Å². The van der Waals surface area contributed by atoms with E-state index in [1.165, 1.54) is 6.42 Å². The molecule has 0 bridgehead atoms. The van der Waals surface area contributed by atoms with E-state index in [-0.39, 0.29) is 18.0 Å². The summed E-state index contributed by atoms with van der Waals surface area (Å²) in [6.07, 6.45) is 6.78. The fourth-order valence-corrected chi connectivity index (χ4v) is 3.05. The summed E-state index contributed by atoms with van der Waals surface area (Å²) in [6, 6.07) is 7.53. The van der Waals surface area contributed by atoms with E-state index in [1.807, 2.05) is 36.1 Å². The van der Waals surface area contributed by atoms with Crippen LogP contribution in [0.5, 0.6) is 0 Å². The molecule has 0 unspecified atom stereocenters. The normalized spacial score (nSPS) is 17.2. The predicted octanol–water partition coefficient (Wildman–Crippen LogP) is 2.76. The zero-order valence-corrected chi connectivity index (χ0v) is 14.5. The number of hydrogen-bond donors (Lipinski definition) is 1. The summed E-state index contributed by atoms with van der Waals surface area (Å²) in [4.78, 5) is 22.8. The van der Waals surface area contributed by atoms with Gasteiger partial charge in [-0.1, -0.05) is 12.1 Å². The van der Waals surface area contributed by atoms with Crippen LogP contribution in [0.25, 0.3) is 11.1 Å². The van der Waals surface area contributed by atoms with Crippen molar-refractivity contribution in [3.8, 4) is 11.1 Å². The maximum Gasteiger partial charge on any atom is 0.253 e. The van der Waals surface area contributed by atoms with E-state index in [4.69, 9.17) is 10.5 Å². The molecule has 1 aromatic carbocycles. The van der Waals surface area contributed by atoms with Crippen molar-refractivity contribution >= 4 is 11.9 Å². The van der Waals surface area contributed by atoms with Crippen LogP contribution in [0.2, 0.25) is 0 Å². The Morgan fingerprint density at radius 1 is 1.28 bits per heavy atom. The van der Waals surface area contributed by atoms with Crippen LogP contribution in [0.15, 0.2) is 36.7 Å². The van der Waals surface area contributed by atoms with E-state index in [1.54, 1.807) is 12.4 Å². The quantitative estimate of drug-likeness (QED) is 0.905. The maximum atomic E-state index is 12.9. The Bertz CT molecular complexity index is 712. The Morgan fingerprint density at radius 2 is 2.08 bits per heavy atom. The standard InChI is InChI=1S/C19H24N4O2/c1-2-23(13-17-8-3-4-9-25-17)18(24)15-7-5-6-14(10-15)16-11-21-19(20)22-12-16/h5-7,10-12,17H,2-4,8-9,13H2,1H3,(H2,20,21,22)/t17-/m0/s1. The molecule has 1 saturated heterocycles. The first kappa shape index (κ1) is 17.4. The Kier molecular flexibility index (Phi) is 5.60. The van der Waals surface area contributed by atoms with Crippen molar-refractivity contribution in [3.05, 3.63) is 42.2 Å². The molecular formula is C19H24N4O2. The molecule has 0 saturated carbocycles. The topological polar surface area (TPSA) is 81.3 Å². The number of carbonyl (C=O) groups is 1. The highest BCUT2D eigenvalue weighted by atomic mass is 16.5. The number of hydrogen-bond acceptors (Lipinski definition) is 5. The molecular weight excluding hydrogens is 316 g/mol. The van der Waals surface area contributed by atoms with Crippen LogP contribution in [0, 0.1) is 0 Å². The summed E-state index contributed by atoms with van der Waals surface area (Å²) >= 11 is 0. The van der Waals surface area contributed by atoms with Gasteiger partial charge >= 0.3 is 0 Å². The van der Waals surface area contributed by atoms with Crippen molar-refractivity contribution in [3.63, 3.8) is 0 Å². The highest BCUT2D eigenvalue weighted by Gasteiger charge is 2.21. The van der Waals surface area contributed by atoms with Gasteiger partial charge in [0.05, 0.1) is 6.10 Å². The van der Waals surface area contributed by atoms with Crippen molar-refractivity contribution in [2.45, 2.75) is 32.3 Å². The first-order valence-electron chi connectivity index (χ1n) is 8.76. The van der Waals surface area contributed by atoms with E-state index in [0.29, 0.717) is 18.7 Å². The molecule has 2 heterocycles. The number of aromatic nitrogens is 2. The second-order valence-corrected chi connectivity index (χ2v) is 6.24. The summed E-state index contributed by atoms with van der Waals surface area (Å²) in [6.45, 7) is 4.10. The van der Waals surface area contributed by atoms with E-state index >= 15 is 0 Å². The van der Waals surface area contributed by atoms with Crippen molar-refractivity contribution in [1.29, 1.82) is 0 Å². The lowest BCUT2D eigenvalue weighted by Crippen LogP contribution is -2.39. The van der Waals surface area contributed by atoms with E-state index in [0.717, 1.165) is 30.6 Å². The van der Waals surface area contributed by atoms with Crippen molar-refractivity contribution < 1.29 is 9.53 Å². The molecule has 1 atom stereocenters. The predicted molar refractivity (Wildman–Crippen MR) is 97.0 cm³/mol. The molecule has 1 fully saturated rings. The second-order valence-electron chi connectivity index (χ2n) is 6.24. The summed E-state index contributed by atoms with van der Waals surface area (Å²) in [5.41, 5.74) is 7.93. The number of ether oxygens (including phenoxy) is 1. The minimum Gasteiger partial charge on any atom is -0.376 e. The number of nitrogen functional groups attached to an aromatic ring is 1. The average molecular weight is 340 g/mol. The Balaban J connectivity index is 1.76. The lowest BCUT2D eigenvalue weighted by molar-refractivity contribution is -0.00311. The number of anilines is 1. The number of nitrogens with zero attached hydrogens (tertiary/aromatic N) is 3. The third kappa shape index (κ3) is 4.33. The molecule has 2 N–H and O–H groups in total. The minimum atomic E-state index is 0.0230. The first-order chi connectivity index (χ1) is 12.2. The molecule has 1 aromatic heterocycles. The summed E-state index contributed by atoms with van der Waals surface area (Å²) < 4.78 is 5.78. The third-order valence-electron chi connectivity index (χ3n) is 4.48. The molecule has 25 heavy (non-hydrogen) atoms. The molecule has 2 aromatic rings. The van der Waals surface area contributed by atoms with Crippen LogP contribution < -0.4 is 5.73 Å². The van der Waals surface area contributed by atoms with Gasteiger partial charge in [-0.2, -0.15) is 0 Å². The zero-order valence-electron chi connectivity index (χ0n) is 14.5.